The van der Waals surface area contributed by atoms with E-state index in [4.69, 9.17) is 9.47 Å². The molecule has 0 amide bonds. The monoisotopic (exact) mass is 339 g/mol. The van der Waals surface area contributed by atoms with E-state index >= 15 is 0 Å². The van der Waals surface area contributed by atoms with E-state index in [9.17, 15) is 0 Å². The van der Waals surface area contributed by atoms with Crippen LogP contribution in [0.4, 0.5) is 0 Å². The minimum absolute atomic E-state index is 0.497. The third-order valence-corrected chi connectivity index (χ3v) is 3.76. The largest absolute Gasteiger partial charge is 0.448 e. The Bertz CT molecular complexity index is 833. The average Bonchev–Trinajstić information content (AvgIpc) is 2.52. The lowest BCUT2D eigenvalue weighted by Gasteiger charge is -2.19. The van der Waals surface area contributed by atoms with Crippen LogP contribution in [0.15, 0.2) is 65.3 Å². The Kier molecular flexibility index (Phi) is 2.89. The predicted molar refractivity (Wildman–Crippen MR) is 84.0 cm³/mol. The lowest BCUT2D eigenvalue weighted by Crippen LogP contribution is -2.00. The predicted octanol–water partition coefficient (Wildman–Crippen LogP) is 5.41. The summed E-state index contributed by atoms with van der Waals surface area (Å²) in [6, 6.07) is 17.7. The van der Waals surface area contributed by atoms with Gasteiger partial charge in [0, 0.05) is 10.7 Å². The standard InChI is InChI=1S/C17H10BrNO2/c18-13-4-1-3-11(9-13)12-6-7-14-16(10-12)21-17-15(20-14)5-2-8-19-17/h1-10H. The summed E-state index contributed by atoms with van der Waals surface area (Å²) in [4.78, 5) is 4.18. The molecule has 0 N–H and O–H groups in total. The van der Waals surface area contributed by atoms with E-state index in [2.05, 4.69) is 33.0 Å². The van der Waals surface area contributed by atoms with Gasteiger partial charge in [-0.2, -0.15) is 0 Å². The van der Waals surface area contributed by atoms with E-state index in [1.807, 2.05) is 42.5 Å². The molecule has 0 spiro atoms. The van der Waals surface area contributed by atoms with Crippen LogP contribution < -0.4 is 9.47 Å². The van der Waals surface area contributed by atoms with Gasteiger partial charge in [-0.3, -0.25) is 0 Å². The number of benzene rings is 2. The van der Waals surface area contributed by atoms with Crippen molar-refractivity contribution in [2.45, 2.75) is 0 Å². The summed E-state index contributed by atoms with van der Waals surface area (Å²) in [7, 11) is 0. The van der Waals surface area contributed by atoms with Gasteiger partial charge in [0.25, 0.3) is 5.88 Å². The van der Waals surface area contributed by atoms with Gasteiger partial charge in [-0.25, -0.2) is 4.98 Å². The minimum Gasteiger partial charge on any atom is -0.448 e. The molecule has 0 bridgehead atoms. The summed E-state index contributed by atoms with van der Waals surface area (Å²) >= 11 is 3.49. The topological polar surface area (TPSA) is 31.4 Å². The second kappa shape index (κ2) is 4.90. The fourth-order valence-corrected chi connectivity index (χ4v) is 2.67. The van der Waals surface area contributed by atoms with Crippen molar-refractivity contribution >= 4 is 15.9 Å². The first-order valence-electron chi connectivity index (χ1n) is 6.50. The fourth-order valence-electron chi connectivity index (χ4n) is 2.27. The maximum atomic E-state index is 5.82. The molecule has 3 aromatic rings. The Balaban J connectivity index is 1.76. The van der Waals surface area contributed by atoms with Crippen LogP contribution in [0, 0.1) is 0 Å². The van der Waals surface area contributed by atoms with Crippen LogP contribution >= 0.6 is 15.9 Å². The highest BCUT2D eigenvalue weighted by molar-refractivity contribution is 9.10. The molecule has 2 aromatic carbocycles. The van der Waals surface area contributed by atoms with E-state index in [0.717, 1.165) is 15.6 Å². The van der Waals surface area contributed by atoms with Crippen molar-refractivity contribution in [2.24, 2.45) is 0 Å². The summed E-state index contributed by atoms with van der Waals surface area (Å²) < 4.78 is 12.7. The van der Waals surface area contributed by atoms with E-state index in [-0.39, 0.29) is 0 Å². The maximum absolute atomic E-state index is 5.82. The first-order valence-corrected chi connectivity index (χ1v) is 7.30. The summed E-state index contributed by atoms with van der Waals surface area (Å²) in [5.74, 6) is 2.52. The maximum Gasteiger partial charge on any atom is 0.263 e. The number of pyridine rings is 1. The number of fused-ring (bicyclic) bond motifs is 2. The number of nitrogens with zero attached hydrogens (tertiary/aromatic N) is 1. The zero-order valence-corrected chi connectivity index (χ0v) is 12.5. The average molecular weight is 340 g/mol. The smallest absolute Gasteiger partial charge is 0.263 e. The first kappa shape index (κ1) is 12.4. The molecule has 1 aliphatic heterocycles. The second-order valence-electron chi connectivity index (χ2n) is 4.68. The van der Waals surface area contributed by atoms with E-state index in [1.54, 1.807) is 6.20 Å². The number of hydrogen-bond acceptors (Lipinski definition) is 3. The SMILES string of the molecule is Brc1cccc(-c2ccc3c(c2)Oc2ncccc2O3)c1. The molecule has 0 saturated carbocycles. The molecule has 2 heterocycles. The van der Waals surface area contributed by atoms with Gasteiger partial charge in [0.15, 0.2) is 17.2 Å². The van der Waals surface area contributed by atoms with Crippen LogP contribution in [0.2, 0.25) is 0 Å². The molecule has 1 aromatic heterocycles. The molecule has 4 heteroatoms. The van der Waals surface area contributed by atoms with Crippen molar-refractivity contribution in [3.05, 3.63) is 65.3 Å². The molecule has 0 fully saturated rings. The number of rotatable bonds is 1. The van der Waals surface area contributed by atoms with Crippen LogP contribution in [0.5, 0.6) is 23.1 Å². The van der Waals surface area contributed by atoms with Gasteiger partial charge >= 0.3 is 0 Å². The summed E-state index contributed by atoms with van der Waals surface area (Å²) in [5.41, 5.74) is 2.18. The van der Waals surface area contributed by atoms with Gasteiger partial charge in [0.05, 0.1) is 0 Å². The van der Waals surface area contributed by atoms with Crippen LogP contribution in [0.25, 0.3) is 11.1 Å². The highest BCUT2D eigenvalue weighted by atomic mass is 79.9. The van der Waals surface area contributed by atoms with Crippen molar-refractivity contribution < 1.29 is 9.47 Å². The molecule has 3 nitrogen and oxygen atoms in total. The number of ether oxygens (including phenoxy) is 2. The lowest BCUT2D eigenvalue weighted by molar-refractivity contribution is 0.348. The van der Waals surface area contributed by atoms with Gasteiger partial charge in [-0.1, -0.05) is 34.1 Å². The van der Waals surface area contributed by atoms with E-state index in [0.29, 0.717) is 23.1 Å². The molecule has 1 aliphatic rings. The molecule has 0 aliphatic carbocycles. The van der Waals surface area contributed by atoms with Gasteiger partial charge in [0.1, 0.15) is 0 Å². The van der Waals surface area contributed by atoms with Gasteiger partial charge in [0.2, 0.25) is 0 Å². The molecule has 0 atom stereocenters. The Labute approximate surface area is 130 Å². The van der Waals surface area contributed by atoms with Crippen LogP contribution in [-0.4, -0.2) is 4.98 Å². The number of halogens is 1. The van der Waals surface area contributed by atoms with Crippen molar-refractivity contribution in [1.29, 1.82) is 0 Å². The number of hydrogen-bond donors (Lipinski definition) is 0. The Morgan fingerprint density at radius 3 is 2.57 bits per heavy atom. The first-order chi connectivity index (χ1) is 10.3. The van der Waals surface area contributed by atoms with Crippen molar-refractivity contribution in [2.75, 3.05) is 0 Å². The van der Waals surface area contributed by atoms with E-state index in [1.165, 1.54) is 0 Å². The Morgan fingerprint density at radius 2 is 1.67 bits per heavy atom. The lowest BCUT2D eigenvalue weighted by atomic mass is 10.1. The summed E-state index contributed by atoms with van der Waals surface area (Å²) in [5, 5.41) is 0. The quantitative estimate of drug-likeness (QED) is 0.464. The minimum atomic E-state index is 0.497. The van der Waals surface area contributed by atoms with Crippen molar-refractivity contribution in [3.8, 4) is 34.3 Å². The van der Waals surface area contributed by atoms with Crippen molar-refractivity contribution in [1.82, 2.24) is 4.98 Å². The van der Waals surface area contributed by atoms with Gasteiger partial charge in [-0.15, -0.1) is 0 Å². The van der Waals surface area contributed by atoms with E-state index < -0.39 is 0 Å². The highest BCUT2D eigenvalue weighted by Crippen LogP contribution is 2.45. The molecular weight excluding hydrogens is 330 g/mol. The number of aromatic nitrogens is 1. The molecular formula is C17H10BrNO2. The van der Waals surface area contributed by atoms with Crippen LogP contribution in [0.3, 0.4) is 0 Å². The normalized spacial score (nSPS) is 11.9. The molecule has 102 valence electrons. The summed E-state index contributed by atoms with van der Waals surface area (Å²) in [6.45, 7) is 0. The third kappa shape index (κ3) is 2.28. The third-order valence-electron chi connectivity index (χ3n) is 3.26. The van der Waals surface area contributed by atoms with Gasteiger partial charge < -0.3 is 9.47 Å². The van der Waals surface area contributed by atoms with Crippen LogP contribution in [-0.2, 0) is 0 Å². The molecule has 4 rings (SSSR count). The zero-order chi connectivity index (χ0) is 14.2. The van der Waals surface area contributed by atoms with Crippen LogP contribution in [0.1, 0.15) is 0 Å². The molecule has 21 heavy (non-hydrogen) atoms. The second-order valence-corrected chi connectivity index (χ2v) is 5.60. The van der Waals surface area contributed by atoms with Gasteiger partial charge in [-0.05, 0) is 47.5 Å². The Morgan fingerprint density at radius 1 is 0.762 bits per heavy atom. The summed E-state index contributed by atoms with van der Waals surface area (Å²) in [6.07, 6.45) is 1.69. The highest BCUT2D eigenvalue weighted by Gasteiger charge is 2.19. The molecule has 0 radical (unpaired) electrons. The van der Waals surface area contributed by atoms with Crippen molar-refractivity contribution in [3.63, 3.8) is 0 Å². The molecule has 0 saturated heterocycles. The fraction of sp³-hybridized carbons (Fsp3) is 0. The zero-order valence-electron chi connectivity index (χ0n) is 10.9. The Hall–Kier alpha value is -2.33. The molecule has 0 unspecified atom stereocenters.